The average Bonchev–Trinajstić information content (AvgIpc) is 2.80. The Kier molecular flexibility index (Phi) is 2.44. The van der Waals surface area contributed by atoms with Crippen LogP contribution in [0, 0.1) is 11.8 Å². The molecule has 0 saturated heterocycles. The predicted octanol–water partition coefficient (Wildman–Crippen LogP) is 3.22. The number of rotatable bonds is 1. The van der Waals surface area contributed by atoms with E-state index in [2.05, 4.69) is 19.9 Å². The summed E-state index contributed by atoms with van der Waals surface area (Å²) in [5.41, 5.74) is 3.10. The molecular formula is C15H17NO2. The van der Waals surface area contributed by atoms with Crippen molar-refractivity contribution in [2.75, 3.05) is 11.9 Å². The Morgan fingerprint density at radius 3 is 2.83 bits per heavy atom. The molecule has 1 atom stereocenters. The van der Waals surface area contributed by atoms with E-state index in [4.69, 9.17) is 4.42 Å². The van der Waals surface area contributed by atoms with Gasteiger partial charge in [-0.1, -0.05) is 19.9 Å². The Bertz CT molecular complexity index is 612. The Labute approximate surface area is 106 Å². The summed E-state index contributed by atoms with van der Waals surface area (Å²) in [7, 11) is 1.86. The normalized spacial score (nSPS) is 19.7. The predicted molar refractivity (Wildman–Crippen MR) is 71.7 cm³/mol. The molecule has 1 aliphatic rings. The van der Waals surface area contributed by atoms with E-state index in [1.54, 1.807) is 11.2 Å². The van der Waals surface area contributed by atoms with E-state index in [0.717, 1.165) is 23.1 Å². The number of amides is 1. The monoisotopic (exact) mass is 243 g/mol. The largest absolute Gasteiger partial charge is 0.464 e. The number of nitrogens with zero attached hydrogens (tertiary/aromatic N) is 1. The Morgan fingerprint density at radius 2 is 2.11 bits per heavy atom. The lowest BCUT2D eigenvalue weighted by atomic mass is 9.83. The molecule has 0 N–H and O–H groups in total. The molecule has 0 fully saturated rings. The molecule has 3 rings (SSSR count). The van der Waals surface area contributed by atoms with Crippen LogP contribution in [0.1, 0.15) is 19.4 Å². The lowest BCUT2D eigenvalue weighted by molar-refractivity contribution is -0.123. The van der Waals surface area contributed by atoms with Crippen molar-refractivity contribution in [2.24, 2.45) is 11.8 Å². The molecule has 1 aromatic carbocycles. The van der Waals surface area contributed by atoms with E-state index in [1.165, 1.54) is 5.56 Å². The first kappa shape index (κ1) is 11.3. The summed E-state index contributed by atoms with van der Waals surface area (Å²) in [6.45, 7) is 4.22. The molecule has 0 saturated carbocycles. The molecule has 1 unspecified atom stereocenters. The second kappa shape index (κ2) is 3.87. The number of hydrogen-bond donors (Lipinski definition) is 0. The van der Waals surface area contributed by atoms with Crippen molar-refractivity contribution in [3.05, 3.63) is 30.0 Å². The van der Waals surface area contributed by atoms with Gasteiger partial charge in [0, 0.05) is 18.4 Å². The third-order valence-electron chi connectivity index (χ3n) is 3.92. The quantitative estimate of drug-likeness (QED) is 0.770. The maximum Gasteiger partial charge on any atom is 0.230 e. The van der Waals surface area contributed by atoms with Gasteiger partial charge in [0.1, 0.15) is 5.58 Å². The van der Waals surface area contributed by atoms with Crippen LogP contribution in [-0.2, 0) is 11.2 Å². The summed E-state index contributed by atoms with van der Waals surface area (Å²) >= 11 is 0. The van der Waals surface area contributed by atoms with Gasteiger partial charge < -0.3 is 9.32 Å². The molecule has 1 amide bonds. The molecule has 3 heteroatoms. The molecular weight excluding hydrogens is 226 g/mol. The Morgan fingerprint density at radius 1 is 1.33 bits per heavy atom. The lowest BCUT2D eigenvalue weighted by Gasteiger charge is -2.33. The fourth-order valence-electron chi connectivity index (χ4n) is 2.84. The first-order chi connectivity index (χ1) is 8.59. The van der Waals surface area contributed by atoms with Crippen LogP contribution in [0.2, 0.25) is 0 Å². The van der Waals surface area contributed by atoms with Crippen molar-refractivity contribution in [3.63, 3.8) is 0 Å². The molecule has 1 aliphatic heterocycles. The minimum atomic E-state index is 0.0897. The second-order valence-corrected chi connectivity index (χ2v) is 5.36. The van der Waals surface area contributed by atoms with Crippen molar-refractivity contribution in [1.29, 1.82) is 0 Å². The maximum atomic E-state index is 12.4. The summed E-state index contributed by atoms with van der Waals surface area (Å²) in [4.78, 5) is 14.2. The van der Waals surface area contributed by atoms with Gasteiger partial charge in [-0.25, -0.2) is 0 Å². The molecule has 3 nitrogen and oxygen atoms in total. The molecule has 0 spiro atoms. The van der Waals surface area contributed by atoms with Crippen LogP contribution in [0.15, 0.2) is 28.9 Å². The zero-order valence-corrected chi connectivity index (χ0v) is 10.9. The van der Waals surface area contributed by atoms with E-state index in [-0.39, 0.29) is 11.8 Å². The molecule has 2 aromatic rings. The van der Waals surface area contributed by atoms with Crippen LogP contribution < -0.4 is 4.90 Å². The van der Waals surface area contributed by atoms with Crippen molar-refractivity contribution in [1.82, 2.24) is 0 Å². The third kappa shape index (κ3) is 1.47. The van der Waals surface area contributed by atoms with E-state index in [0.29, 0.717) is 5.92 Å². The minimum absolute atomic E-state index is 0.0897. The average molecular weight is 243 g/mol. The Balaban J connectivity index is 2.19. The van der Waals surface area contributed by atoms with Crippen molar-refractivity contribution in [3.8, 4) is 0 Å². The number of carbonyl (C=O) groups excluding carboxylic acids is 1. The van der Waals surface area contributed by atoms with Crippen LogP contribution in [-0.4, -0.2) is 13.0 Å². The number of furan rings is 1. The second-order valence-electron chi connectivity index (χ2n) is 5.36. The zero-order chi connectivity index (χ0) is 12.9. The molecule has 2 heterocycles. The van der Waals surface area contributed by atoms with Gasteiger partial charge in [0.15, 0.2) is 0 Å². The van der Waals surface area contributed by atoms with Gasteiger partial charge in [-0.15, -0.1) is 0 Å². The summed E-state index contributed by atoms with van der Waals surface area (Å²) in [6.07, 6.45) is 2.51. The van der Waals surface area contributed by atoms with Gasteiger partial charge in [-0.2, -0.15) is 0 Å². The smallest absolute Gasteiger partial charge is 0.230 e. The molecule has 0 radical (unpaired) electrons. The third-order valence-corrected chi connectivity index (χ3v) is 3.92. The minimum Gasteiger partial charge on any atom is -0.464 e. The fraction of sp³-hybridized carbons (Fsp3) is 0.400. The van der Waals surface area contributed by atoms with Gasteiger partial charge in [0.2, 0.25) is 5.91 Å². The van der Waals surface area contributed by atoms with Crippen molar-refractivity contribution >= 4 is 22.6 Å². The van der Waals surface area contributed by atoms with Crippen molar-refractivity contribution in [2.45, 2.75) is 20.3 Å². The molecule has 1 aromatic heterocycles. The molecule has 0 bridgehead atoms. The van der Waals surface area contributed by atoms with Crippen LogP contribution >= 0.6 is 0 Å². The van der Waals surface area contributed by atoms with Gasteiger partial charge >= 0.3 is 0 Å². The standard InChI is InChI=1S/C15H17NO2/c1-9(2)12-8-10-4-5-13-11(6-7-18-13)14(10)16(3)15(12)17/h4-7,9,12H,8H2,1-3H3. The lowest BCUT2D eigenvalue weighted by Crippen LogP contribution is -2.40. The highest BCUT2D eigenvalue weighted by Gasteiger charge is 2.33. The highest BCUT2D eigenvalue weighted by Crippen LogP contribution is 2.38. The van der Waals surface area contributed by atoms with E-state index >= 15 is 0 Å². The SMILES string of the molecule is CC(C)C1Cc2ccc3occc3c2N(C)C1=O. The van der Waals surface area contributed by atoms with E-state index in [1.807, 2.05) is 19.2 Å². The number of anilines is 1. The fourth-order valence-corrected chi connectivity index (χ4v) is 2.84. The van der Waals surface area contributed by atoms with Crippen LogP contribution in [0.3, 0.4) is 0 Å². The first-order valence-corrected chi connectivity index (χ1v) is 6.36. The number of fused-ring (bicyclic) bond motifs is 3. The van der Waals surface area contributed by atoms with Crippen LogP contribution in [0.4, 0.5) is 5.69 Å². The topological polar surface area (TPSA) is 33.5 Å². The van der Waals surface area contributed by atoms with Gasteiger partial charge in [0.25, 0.3) is 0 Å². The summed E-state index contributed by atoms with van der Waals surface area (Å²) < 4.78 is 5.40. The number of hydrogen-bond acceptors (Lipinski definition) is 2. The molecule has 0 aliphatic carbocycles. The van der Waals surface area contributed by atoms with Gasteiger partial charge in [-0.05, 0) is 30.0 Å². The summed E-state index contributed by atoms with van der Waals surface area (Å²) in [5.74, 6) is 0.672. The van der Waals surface area contributed by atoms with E-state index in [9.17, 15) is 4.79 Å². The highest BCUT2D eigenvalue weighted by atomic mass is 16.3. The van der Waals surface area contributed by atoms with Gasteiger partial charge in [0.05, 0.1) is 12.0 Å². The van der Waals surface area contributed by atoms with Gasteiger partial charge in [-0.3, -0.25) is 4.79 Å². The summed E-state index contributed by atoms with van der Waals surface area (Å²) in [6, 6.07) is 6.02. The van der Waals surface area contributed by atoms with E-state index < -0.39 is 0 Å². The molecule has 94 valence electrons. The first-order valence-electron chi connectivity index (χ1n) is 6.36. The maximum absolute atomic E-state index is 12.4. The highest BCUT2D eigenvalue weighted by molar-refractivity contribution is 6.06. The summed E-state index contributed by atoms with van der Waals surface area (Å²) in [5, 5.41) is 1.03. The zero-order valence-electron chi connectivity index (χ0n) is 10.9. The number of carbonyl (C=O) groups is 1. The van der Waals surface area contributed by atoms with Crippen molar-refractivity contribution < 1.29 is 9.21 Å². The van der Waals surface area contributed by atoms with Crippen LogP contribution in [0.25, 0.3) is 11.0 Å². The number of benzene rings is 1. The van der Waals surface area contributed by atoms with Crippen LogP contribution in [0.5, 0.6) is 0 Å². The Hall–Kier alpha value is -1.77. The molecule has 18 heavy (non-hydrogen) atoms.